The lowest BCUT2D eigenvalue weighted by Crippen LogP contribution is -2.14. The van der Waals surface area contributed by atoms with E-state index in [1.54, 1.807) is 0 Å². The molecule has 1 aliphatic carbocycles. The molecule has 0 atom stereocenters. The molecule has 0 saturated heterocycles. The van der Waals surface area contributed by atoms with E-state index in [9.17, 15) is 0 Å². The molecule has 0 aliphatic heterocycles. The van der Waals surface area contributed by atoms with Crippen molar-refractivity contribution in [2.24, 2.45) is 0 Å². The van der Waals surface area contributed by atoms with Gasteiger partial charge in [-0.1, -0.05) is 6.42 Å². The van der Waals surface area contributed by atoms with Crippen LogP contribution in [-0.4, -0.2) is 11.7 Å². The first kappa shape index (κ1) is 7.00. The number of hydrogen-bond acceptors (Lipinski definition) is 2. The van der Waals surface area contributed by atoms with Gasteiger partial charge in [0.1, 0.15) is 0 Å². The minimum absolute atomic E-state index is 0.385. The third-order valence-electron chi connectivity index (χ3n) is 1.77. The topological polar surface area (TPSA) is 9.23 Å². The van der Waals surface area contributed by atoms with Gasteiger partial charge in [-0.05, 0) is 37.9 Å². The molecular formula is C7H11OS. The molecule has 0 unspecified atom stereocenters. The molecule has 0 amide bonds. The highest BCUT2D eigenvalue weighted by atomic mass is 32.1. The van der Waals surface area contributed by atoms with Crippen molar-refractivity contribution in [3.05, 3.63) is 0 Å². The Kier molecular flexibility index (Phi) is 2.98. The fourth-order valence-electron chi connectivity index (χ4n) is 1.25. The monoisotopic (exact) mass is 143 g/mol. The summed E-state index contributed by atoms with van der Waals surface area (Å²) < 4.78 is 5.05. The Morgan fingerprint density at radius 1 is 1.22 bits per heavy atom. The van der Waals surface area contributed by atoms with E-state index in [-0.39, 0.29) is 0 Å². The fraction of sp³-hybridized carbons (Fsp3) is 0.857. The first-order valence-electron chi connectivity index (χ1n) is 3.46. The third-order valence-corrected chi connectivity index (χ3v) is 1.86. The molecule has 1 fully saturated rings. The van der Waals surface area contributed by atoms with Gasteiger partial charge in [0.05, 0.1) is 6.10 Å². The van der Waals surface area contributed by atoms with Crippen LogP contribution in [0.5, 0.6) is 0 Å². The van der Waals surface area contributed by atoms with Gasteiger partial charge in [-0.15, -0.1) is 0 Å². The molecule has 0 aromatic heterocycles. The molecule has 1 saturated carbocycles. The quantitative estimate of drug-likeness (QED) is 0.548. The molecule has 0 aromatic carbocycles. The van der Waals surface area contributed by atoms with Crippen LogP contribution in [0.1, 0.15) is 32.1 Å². The zero-order chi connectivity index (χ0) is 6.53. The van der Waals surface area contributed by atoms with Crippen molar-refractivity contribution >= 4 is 17.8 Å². The average Bonchev–Trinajstić information content (AvgIpc) is 1.91. The highest BCUT2D eigenvalue weighted by Gasteiger charge is 2.12. The average molecular weight is 143 g/mol. The molecular weight excluding hydrogens is 132 g/mol. The fourth-order valence-corrected chi connectivity index (χ4v) is 1.39. The second kappa shape index (κ2) is 3.83. The van der Waals surface area contributed by atoms with Gasteiger partial charge in [0.25, 0.3) is 0 Å². The lowest BCUT2D eigenvalue weighted by atomic mass is 9.98. The SMILES string of the molecule is S=[C]OC1CCCCC1. The predicted octanol–water partition coefficient (Wildman–Crippen LogP) is 2.17. The Bertz CT molecular complexity index is 86.9. The highest BCUT2D eigenvalue weighted by molar-refractivity contribution is 7.78. The molecule has 0 N–H and O–H groups in total. The van der Waals surface area contributed by atoms with Crippen LogP contribution in [0.15, 0.2) is 0 Å². The van der Waals surface area contributed by atoms with E-state index in [4.69, 9.17) is 4.74 Å². The second-order valence-electron chi connectivity index (χ2n) is 2.46. The van der Waals surface area contributed by atoms with Crippen LogP contribution in [0.2, 0.25) is 0 Å². The van der Waals surface area contributed by atoms with Gasteiger partial charge in [-0.25, -0.2) is 0 Å². The summed E-state index contributed by atoms with van der Waals surface area (Å²) in [6, 6.07) is 0. The minimum Gasteiger partial charge on any atom is -0.477 e. The Morgan fingerprint density at radius 2 is 1.89 bits per heavy atom. The van der Waals surface area contributed by atoms with Crippen LogP contribution in [0.3, 0.4) is 0 Å². The zero-order valence-corrected chi connectivity index (χ0v) is 6.25. The van der Waals surface area contributed by atoms with Gasteiger partial charge in [-0.2, -0.15) is 0 Å². The Balaban J connectivity index is 2.15. The zero-order valence-electron chi connectivity index (χ0n) is 5.43. The Morgan fingerprint density at radius 3 is 2.44 bits per heavy atom. The predicted molar refractivity (Wildman–Crippen MR) is 40.6 cm³/mol. The van der Waals surface area contributed by atoms with Gasteiger partial charge in [0, 0.05) is 0 Å². The maximum Gasteiger partial charge on any atom is 0.239 e. The van der Waals surface area contributed by atoms with Gasteiger partial charge in [-0.3, -0.25) is 0 Å². The van der Waals surface area contributed by atoms with Crippen LogP contribution in [0, 0.1) is 0 Å². The van der Waals surface area contributed by atoms with Crippen LogP contribution in [-0.2, 0) is 4.74 Å². The molecule has 0 spiro atoms. The first-order valence-corrected chi connectivity index (χ1v) is 3.87. The maximum absolute atomic E-state index is 5.05. The molecule has 1 nitrogen and oxygen atoms in total. The molecule has 1 rings (SSSR count). The molecule has 0 bridgehead atoms. The van der Waals surface area contributed by atoms with E-state index in [1.807, 2.05) is 0 Å². The minimum atomic E-state index is 0.385. The number of ether oxygens (including phenoxy) is 1. The first-order chi connectivity index (χ1) is 4.43. The lowest BCUT2D eigenvalue weighted by molar-refractivity contribution is 0.156. The van der Waals surface area contributed by atoms with Gasteiger partial charge in [0.15, 0.2) is 0 Å². The van der Waals surface area contributed by atoms with E-state index in [0.717, 1.165) is 0 Å². The molecule has 0 heterocycles. The Labute approximate surface area is 61.4 Å². The van der Waals surface area contributed by atoms with Crippen LogP contribution in [0.4, 0.5) is 0 Å². The summed E-state index contributed by atoms with van der Waals surface area (Å²) in [7, 11) is 0. The molecule has 1 radical (unpaired) electrons. The van der Waals surface area contributed by atoms with E-state index in [0.29, 0.717) is 6.10 Å². The van der Waals surface area contributed by atoms with Crippen molar-refractivity contribution in [3.8, 4) is 0 Å². The van der Waals surface area contributed by atoms with E-state index >= 15 is 0 Å². The second-order valence-corrected chi connectivity index (χ2v) is 2.63. The lowest BCUT2D eigenvalue weighted by Gasteiger charge is -2.19. The van der Waals surface area contributed by atoms with Gasteiger partial charge in [0.2, 0.25) is 5.55 Å². The van der Waals surface area contributed by atoms with Gasteiger partial charge >= 0.3 is 0 Å². The molecule has 9 heavy (non-hydrogen) atoms. The van der Waals surface area contributed by atoms with E-state index < -0.39 is 0 Å². The highest BCUT2D eigenvalue weighted by Crippen LogP contribution is 2.19. The van der Waals surface area contributed by atoms with Crippen molar-refractivity contribution in [3.63, 3.8) is 0 Å². The van der Waals surface area contributed by atoms with Crippen molar-refractivity contribution in [1.29, 1.82) is 0 Å². The van der Waals surface area contributed by atoms with Crippen molar-refractivity contribution in [1.82, 2.24) is 0 Å². The van der Waals surface area contributed by atoms with Crippen LogP contribution in [0.25, 0.3) is 0 Å². The van der Waals surface area contributed by atoms with Gasteiger partial charge < -0.3 is 4.74 Å². The number of rotatable bonds is 2. The summed E-state index contributed by atoms with van der Waals surface area (Å²) in [6.45, 7) is 0. The molecule has 2 heteroatoms. The smallest absolute Gasteiger partial charge is 0.239 e. The summed E-state index contributed by atoms with van der Waals surface area (Å²) in [5.41, 5.74) is 2.32. The van der Waals surface area contributed by atoms with Crippen molar-refractivity contribution < 1.29 is 4.74 Å². The largest absolute Gasteiger partial charge is 0.477 e. The number of hydrogen-bond donors (Lipinski definition) is 0. The summed E-state index contributed by atoms with van der Waals surface area (Å²) in [6.07, 6.45) is 6.67. The normalized spacial score (nSPS) is 21.3. The maximum atomic E-state index is 5.05. The molecule has 51 valence electrons. The summed E-state index contributed by atoms with van der Waals surface area (Å²) in [5, 5.41) is 0. The van der Waals surface area contributed by atoms with Crippen LogP contribution >= 0.6 is 12.2 Å². The number of thiocarbonyl (C=S) groups is 1. The molecule has 1 aliphatic rings. The Hall–Kier alpha value is -0.110. The standard InChI is InChI=1S/C7H11OS/c9-6-8-7-4-2-1-3-5-7/h7H,1-5H2. The van der Waals surface area contributed by atoms with Crippen molar-refractivity contribution in [2.75, 3.05) is 0 Å². The van der Waals surface area contributed by atoms with E-state index in [2.05, 4.69) is 17.8 Å². The van der Waals surface area contributed by atoms with E-state index in [1.165, 1.54) is 32.1 Å². The molecule has 0 aromatic rings. The van der Waals surface area contributed by atoms with Crippen molar-refractivity contribution in [2.45, 2.75) is 38.2 Å². The summed E-state index contributed by atoms with van der Waals surface area (Å²) in [5.74, 6) is 0. The van der Waals surface area contributed by atoms with Crippen LogP contribution < -0.4 is 0 Å². The summed E-state index contributed by atoms with van der Waals surface area (Å²) >= 11 is 4.46. The third kappa shape index (κ3) is 2.31. The summed E-state index contributed by atoms with van der Waals surface area (Å²) in [4.78, 5) is 0.